The number of hydrogen-bond donors (Lipinski definition) is 0. The molecular formula is C54H37N3O. The molecule has 1 aliphatic carbocycles. The topological polar surface area (TPSA) is 30.3 Å². The molecule has 4 nitrogen and oxygen atoms in total. The summed E-state index contributed by atoms with van der Waals surface area (Å²) in [5.41, 5.74) is 16.3. The van der Waals surface area contributed by atoms with Crippen molar-refractivity contribution in [3.05, 3.63) is 199 Å². The molecule has 10 aromatic rings. The molecule has 0 spiro atoms. The molecule has 0 saturated carbocycles. The fourth-order valence-electron chi connectivity index (χ4n) is 9.61. The van der Waals surface area contributed by atoms with Crippen LogP contribution in [0.1, 0.15) is 25.0 Å². The maximum absolute atomic E-state index is 6.62. The second-order valence-corrected chi connectivity index (χ2v) is 16.0. The van der Waals surface area contributed by atoms with Crippen LogP contribution in [-0.2, 0) is 5.41 Å². The van der Waals surface area contributed by atoms with Gasteiger partial charge in [0.15, 0.2) is 0 Å². The molecule has 8 aromatic carbocycles. The largest absolute Gasteiger partial charge is 0.456 e. The second kappa shape index (κ2) is 12.3. The van der Waals surface area contributed by atoms with Crippen molar-refractivity contribution >= 4 is 49.6 Å². The van der Waals surface area contributed by atoms with E-state index in [0.29, 0.717) is 0 Å². The van der Waals surface area contributed by atoms with Crippen molar-refractivity contribution in [1.29, 1.82) is 0 Å². The zero-order chi connectivity index (χ0) is 38.5. The van der Waals surface area contributed by atoms with Crippen LogP contribution in [0.25, 0.3) is 71.8 Å². The Kier molecular flexibility index (Phi) is 6.94. The normalized spacial score (nSPS) is 13.3. The second-order valence-electron chi connectivity index (χ2n) is 16.0. The fraction of sp³-hybridized carbons (Fsp3) is 0.0556. The molecule has 2 aromatic heterocycles. The lowest BCUT2D eigenvalue weighted by Gasteiger charge is -2.28. The first kappa shape index (κ1) is 32.8. The number of ether oxygens (including phenoxy) is 1. The standard InChI is InChI=1S/C54H37N3O/c1-54(2)46-18-10-9-17-41(46)42-26-25-40(31-47(42)54)56(37-13-5-3-6-14-37)39-23-20-34(21-24-39)36-22-27-48-43(30-36)44-32-45-51(33-49(44)57(48)38-15-7-4-8-16-38)58-50-19-11-12-35-28-29-55-53(45)52(35)50/h3-33H,1-2H3. The van der Waals surface area contributed by atoms with Crippen molar-refractivity contribution in [3.8, 4) is 50.7 Å². The number of anilines is 3. The lowest BCUT2D eigenvalue weighted by Crippen LogP contribution is -2.16. The number of rotatable bonds is 5. The summed E-state index contributed by atoms with van der Waals surface area (Å²) in [6.45, 7) is 4.69. The van der Waals surface area contributed by atoms with Gasteiger partial charge in [-0.2, -0.15) is 0 Å². The molecule has 0 N–H and O–H groups in total. The van der Waals surface area contributed by atoms with E-state index in [4.69, 9.17) is 9.72 Å². The fourth-order valence-corrected chi connectivity index (χ4v) is 9.61. The van der Waals surface area contributed by atoms with Crippen LogP contribution in [0.3, 0.4) is 0 Å². The number of nitrogens with zero attached hydrogens (tertiary/aromatic N) is 3. The predicted molar refractivity (Wildman–Crippen MR) is 239 cm³/mol. The van der Waals surface area contributed by atoms with E-state index in [9.17, 15) is 0 Å². The molecule has 4 heteroatoms. The Bertz CT molecular complexity index is 3270. The zero-order valence-corrected chi connectivity index (χ0v) is 32.1. The van der Waals surface area contributed by atoms with Crippen LogP contribution in [0.15, 0.2) is 188 Å². The summed E-state index contributed by atoms with van der Waals surface area (Å²) in [7, 11) is 0. The number of benzene rings is 8. The lowest BCUT2D eigenvalue weighted by atomic mass is 9.82. The lowest BCUT2D eigenvalue weighted by molar-refractivity contribution is 0.487. The summed E-state index contributed by atoms with van der Waals surface area (Å²) < 4.78 is 8.97. The van der Waals surface area contributed by atoms with Gasteiger partial charge in [-0.25, -0.2) is 0 Å². The number of pyridine rings is 1. The summed E-state index contributed by atoms with van der Waals surface area (Å²) in [4.78, 5) is 7.28. The molecule has 0 amide bonds. The Morgan fingerprint density at radius 2 is 1.21 bits per heavy atom. The molecule has 0 bridgehead atoms. The quantitative estimate of drug-likeness (QED) is 0.176. The van der Waals surface area contributed by atoms with Crippen LogP contribution in [0, 0.1) is 0 Å². The van der Waals surface area contributed by atoms with Gasteiger partial charge < -0.3 is 14.2 Å². The van der Waals surface area contributed by atoms with Gasteiger partial charge in [-0.05, 0) is 118 Å². The van der Waals surface area contributed by atoms with Crippen molar-refractivity contribution in [2.75, 3.05) is 4.90 Å². The first-order valence-corrected chi connectivity index (χ1v) is 19.9. The van der Waals surface area contributed by atoms with Gasteiger partial charge in [0.2, 0.25) is 0 Å². The van der Waals surface area contributed by atoms with Crippen molar-refractivity contribution < 1.29 is 4.74 Å². The van der Waals surface area contributed by atoms with E-state index in [-0.39, 0.29) is 5.41 Å². The number of hydrogen-bond acceptors (Lipinski definition) is 3. The zero-order valence-electron chi connectivity index (χ0n) is 32.1. The molecule has 58 heavy (non-hydrogen) atoms. The SMILES string of the molecule is CC1(C)c2ccccc2-c2ccc(N(c3ccccc3)c3ccc(-c4ccc5c(c4)c4cc6c(cc4n5-c4ccccc4)Oc4cccc5ccnc-6c45)cc3)cc21. The Balaban J connectivity index is 0.987. The molecule has 2 aliphatic rings. The number of aromatic nitrogens is 2. The van der Waals surface area contributed by atoms with Crippen LogP contribution >= 0.6 is 0 Å². The molecule has 274 valence electrons. The Hall–Kier alpha value is -7.43. The molecule has 0 fully saturated rings. The van der Waals surface area contributed by atoms with Gasteiger partial charge in [-0.15, -0.1) is 0 Å². The van der Waals surface area contributed by atoms with E-state index in [2.05, 4.69) is 193 Å². The van der Waals surface area contributed by atoms with E-state index in [1.807, 2.05) is 18.3 Å². The third-order valence-corrected chi connectivity index (χ3v) is 12.4. The molecule has 1 aliphatic heterocycles. The summed E-state index contributed by atoms with van der Waals surface area (Å²) in [6, 6.07) is 65.7. The monoisotopic (exact) mass is 743 g/mol. The van der Waals surface area contributed by atoms with Crippen LogP contribution < -0.4 is 9.64 Å². The van der Waals surface area contributed by atoms with Crippen molar-refractivity contribution in [2.24, 2.45) is 0 Å². The highest BCUT2D eigenvalue weighted by Gasteiger charge is 2.35. The molecular weight excluding hydrogens is 707 g/mol. The highest BCUT2D eigenvalue weighted by atomic mass is 16.5. The average molecular weight is 744 g/mol. The maximum Gasteiger partial charge on any atom is 0.139 e. The molecule has 0 radical (unpaired) electrons. The van der Waals surface area contributed by atoms with Gasteiger partial charge in [0.25, 0.3) is 0 Å². The highest BCUT2D eigenvalue weighted by Crippen LogP contribution is 2.51. The van der Waals surface area contributed by atoms with Crippen LogP contribution in [0.4, 0.5) is 17.1 Å². The minimum absolute atomic E-state index is 0.0862. The molecule has 0 saturated heterocycles. The van der Waals surface area contributed by atoms with E-state index in [0.717, 1.165) is 83.8 Å². The smallest absolute Gasteiger partial charge is 0.139 e. The van der Waals surface area contributed by atoms with Crippen LogP contribution in [-0.4, -0.2) is 9.55 Å². The Morgan fingerprint density at radius 1 is 0.500 bits per heavy atom. The van der Waals surface area contributed by atoms with Crippen molar-refractivity contribution in [3.63, 3.8) is 0 Å². The Morgan fingerprint density at radius 3 is 2.05 bits per heavy atom. The van der Waals surface area contributed by atoms with E-state index in [1.54, 1.807) is 0 Å². The first-order valence-electron chi connectivity index (χ1n) is 19.9. The molecule has 12 rings (SSSR count). The number of fused-ring (bicyclic) bond motifs is 8. The minimum atomic E-state index is -0.0862. The van der Waals surface area contributed by atoms with Gasteiger partial charge in [-0.1, -0.05) is 111 Å². The van der Waals surface area contributed by atoms with Gasteiger partial charge in [0.05, 0.1) is 22.1 Å². The van der Waals surface area contributed by atoms with Gasteiger partial charge in [-0.3, -0.25) is 4.98 Å². The van der Waals surface area contributed by atoms with Crippen LogP contribution in [0.2, 0.25) is 0 Å². The first-order chi connectivity index (χ1) is 28.5. The highest BCUT2D eigenvalue weighted by molar-refractivity contribution is 6.14. The van der Waals surface area contributed by atoms with Crippen molar-refractivity contribution in [2.45, 2.75) is 19.3 Å². The average Bonchev–Trinajstić information content (AvgIpc) is 3.71. The Labute approximate surface area is 336 Å². The van der Waals surface area contributed by atoms with Gasteiger partial charge >= 0.3 is 0 Å². The third-order valence-electron chi connectivity index (χ3n) is 12.4. The predicted octanol–water partition coefficient (Wildman–Crippen LogP) is 14.5. The van der Waals surface area contributed by atoms with Crippen molar-refractivity contribution in [1.82, 2.24) is 9.55 Å². The van der Waals surface area contributed by atoms with E-state index >= 15 is 0 Å². The molecule has 0 unspecified atom stereocenters. The van der Waals surface area contributed by atoms with Gasteiger partial charge in [0.1, 0.15) is 11.5 Å². The summed E-state index contributed by atoms with van der Waals surface area (Å²) >= 11 is 0. The maximum atomic E-state index is 6.62. The van der Waals surface area contributed by atoms with Gasteiger partial charge in [0, 0.05) is 56.8 Å². The van der Waals surface area contributed by atoms with E-state index in [1.165, 1.54) is 27.6 Å². The minimum Gasteiger partial charge on any atom is -0.456 e. The summed E-state index contributed by atoms with van der Waals surface area (Å²) in [6.07, 6.45) is 1.90. The third kappa shape index (κ3) is 4.78. The summed E-state index contributed by atoms with van der Waals surface area (Å²) in [5, 5.41) is 4.53. The van der Waals surface area contributed by atoms with E-state index < -0.39 is 0 Å². The molecule has 0 atom stereocenters. The summed E-state index contributed by atoms with van der Waals surface area (Å²) in [5.74, 6) is 1.67. The molecule has 3 heterocycles. The van der Waals surface area contributed by atoms with Crippen LogP contribution in [0.5, 0.6) is 11.5 Å². The number of para-hydroxylation sites is 2.